The minimum absolute atomic E-state index is 0.238. The molecule has 7 heteroatoms. The van der Waals surface area contributed by atoms with Crippen LogP contribution in [0.4, 0.5) is 8.78 Å². The molecule has 1 unspecified atom stereocenters. The van der Waals surface area contributed by atoms with E-state index in [1.165, 1.54) is 0 Å². The van der Waals surface area contributed by atoms with Crippen molar-refractivity contribution >= 4 is 11.7 Å². The van der Waals surface area contributed by atoms with Crippen molar-refractivity contribution in [3.63, 3.8) is 0 Å². The molecule has 0 aliphatic carbocycles. The number of fused-ring (bicyclic) bond motifs is 1. The Balaban J connectivity index is 1.62. The highest BCUT2D eigenvalue weighted by Gasteiger charge is 2.39. The molecule has 0 saturated heterocycles. The molecule has 0 radical (unpaired) electrons. The van der Waals surface area contributed by atoms with E-state index in [0.717, 1.165) is 23.6 Å². The van der Waals surface area contributed by atoms with Gasteiger partial charge in [-0.3, -0.25) is 10.0 Å². The first-order valence-corrected chi connectivity index (χ1v) is 10.4. The third-order valence-electron chi connectivity index (χ3n) is 5.60. The van der Waals surface area contributed by atoms with Crippen molar-refractivity contribution in [3.05, 3.63) is 83.3 Å². The Bertz CT molecular complexity index is 1130. The van der Waals surface area contributed by atoms with E-state index in [1.54, 1.807) is 24.3 Å². The maximum Gasteiger partial charge on any atom is 0.336 e. The van der Waals surface area contributed by atoms with Gasteiger partial charge < -0.3 is 5.11 Å². The quantitative estimate of drug-likeness (QED) is 0.660. The first-order chi connectivity index (χ1) is 15.1. The molecule has 1 atom stereocenters. The lowest BCUT2D eigenvalue weighted by Gasteiger charge is -2.37. The van der Waals surface area contributed by atoms with Gasteiger partial charge in [-0.25, -0.2) is 18.6 Å². The summed E-state index contributed by atoms with van der Waals surface area (Å²) in [4.78, 5) is 16.1. The summed E-state index contributed by atoms with van der Waals surface area (Å²) < 4.78 is 27.8. The van der Waals surface area contributed by atoms with Crippen LogP contribution in [0.1, 0.15) is 36.2 Å². The zero-order valence-electron chi connectivity index (χ0n) is 18.2. The van der Waals surface area contributed by atoms with Crippen LogP contribution >= 0.6 is 0 Å². The number of halogens is 2. The summed E-state index contributed by atoms with van der Waals surface area (Å²) in [6.45, 7) is 2.87. The molecule has 0 fully saturated rings. The summed E-state index contributed by atoms with van der Waals surface area (Å²) in [6.07, 6.45) is 3.96. The van der Waals surface area contributed by atoms with Gasteiger partial charge in [-0.15, -0.1) is 0 Å². The van der Waals surface area contributed by atoms with Crippen LogP contribution in [0.15, 0.2) is 77.2 Å². The molecule has 5 nitrogen and oxygen atoms in total. The normalized spacial score (nSPS) is 18.2. The number of hydrogen-bond acceptors (Lipinski definition) is 4. The van der Waals surface area contributed by atoms with Crippen LogP contribution < -0.4 is 0 Å². The second-order valence-corrected chi connectivity index (χ2v) is 8.41. The molecule has 2 heterocycles. The van der Waals surface area contributed by atoms with E-state index in [9.17, 15) is 18.7 Å². The second-order valence-electron chi connectivity index (χ2n) is 8.41. The number of carbonyl (C=O) groups is 1. The van der Waals surface area contributed by atoms with Gasteiger partial charge in [0.05, 0.1) is 23.7 Å². The van der Waals surface area contributed by atoms with E-state index in [1.807, 2.05) is 60.5 Å². The van der Waals surface area contributed by atoms with Crippen LogP contribution in [-0.2, 0) is 6.42 Å². The molecular weight excluding hydrogens is 412 g/mol. The Morgan fingerprint density at radius 1 is 1.16 bits per heavy atom. The number of aliphatic imine (C=N–C) groups is 1. The lowest BCUT2D eigenvalue weighted by Crippen LogP contribution is -2.46. The largest absolute Gasteiger partial charge is 0.478 e. The maximum absolute atomic E-state index is 13.9. The highest BCUT2D eigenvalue weighted by Crippen LogP contribution is 2.34. The van der Waals surface area contributed by atoms with Crippen LogP contribution in [0.5, 0.6) is 0 Å². The number of allylic oxidation sites excluding steroid dienone is 2. The van der Waals surface area contributed by atoms with Gasteiger partial charge in [0.2, 0.25) is 0 Å². The molecule has 0 saturated carbocycles. The average molecular weight is 437 g/mol. The van der Waals surface area contributed by atoms with Gasteiger partial charge in [-0.05, 0) is 48.3 Å². The first kappa shape index (κ1) is 21.7. The number of aromatic carboxylic acids is 1. The Labute approximate surface area is 186 Å². The summed E-state index contributed by atoms with van der Waals surface area (Å²) in [5, 5.41) is 13.3. The molecule has 2 aromatic carbocycles. The second kappa shape index (κ2) is 8.22. The summed E-state index contributed by atoms with van der Waals surface area (Å²) >= 11 is 0. The predicted molar refractivity (Wildman–Crippen MR) is 120 cm³/mol. The topological polar surface area (TPSA) is 56.1 Å². The molecule has 2 aliphatic rings. The van der Waals surface area contributed by atoms with E-state index in [0.29, 0.717) is 23.5 Å². The zero-order valence-corrected chi connectivity index (χ0v) is 18.2. The van der Waals surface area contributed by atoms with Gasteiger partial charge in [0, 0.05) is 19.7 Å². The fourth-order valence-corrected chi connectivity index (χ4v) is 4.30. The van der Waals surface area contributed by atoms with Gasteiger partial charge >= 0.3 is 5.97 Å². The predicted octanol–water partition coefficient (Wildman–Crippen LogP) is 5.37. The van der Waals surface area contributed by atoms with Crippen molar-refractivity contribution in [1.82, 2.24) is 10.0 Å². The molecule has 0 bridgehead atoms. The third-order valence-corrected chi connectivity index (χ3v) is 5.60. The Hall–Kier alpha value is -3.48. The molecule has 0 aromatic heterocycles. The SMILES string of the molecule is CC1=CN(C)N2C(=C1)N=C(CC(C)(F)F)C2Cc1ccc(-c2ccccc2C(=O)O)cc1. The molecule has 1 N–H and O–H groups in total. The summed E-state index contributed by atoms with van der Waals surface area (Å²) in [5.41, 5.74) is 4.09. The summed E-state index contributed by atoms with van der Waals surface area (Å²) in [7, 11) is 1.89. The highest BCUT2D eigenvalue weighted by atomic mass is 19.3. The van der Waals surface area contributed by atoms with Crippen LogP contribution in [0.25, 0.3) is 11.1 Å². The number of carboxylic acid groups (broad SMARTS) is 1. The molecule has 2 aromatic rings. The van der Waals surface area contributed by atoms with Crippen molar-refractivity contribution in [3.8, 4) is 11.1 Å². The monoisotopic (exact) mass is 437 g/mol. The Kier molecular flexibility index (Phi) is 5.59. The van der Waals surface area contributed by atoms with Crippen LogP contribution in [-0.4, -0.2) is 45.8 Å². The Morgan fingerprint density at radius 2 is 1.84 bits per heavy atom. The smallest absolute Gasteiger partial charge is 0.336 e. The van der Waals surface area contributed by atoms with Gasteiger partial charge in [0.15, 0.2) is 0 Å². The van der Waals surface area contributed by atoms with Gasteiger partial charge in [0.25, 0.3) is 5.92 Å². The highest BCUT2D eigenvalue weighted by molar-refractivity contribution is 5.96. The number of hydrogen-bond donors (Lipinski definition) is 1. The van der Waals surface area contributed by atoms with E-state index < -0.39 is 18.3 Å². The molecule has 2 aliphatic heterocycles. The van der Waals surface area contributed by atoms with Crippen molar-refractivity contribution in [2.45, 2.75) is 38.7 Å². The molecule has 32 heavy (non-hydrogen) atoms. The van der Waals surface area contributed by atoms with Crippen molar-refractivity contribution in [2.24, 2.45) is 4.99 Å². The van der Waals surface area contributed by atoms with Crippen molar-refractivity contribution in [2.75, 3.05) is 7.05 Å². The fourth-order valence-electron chi connectivity index (χ4n) is 4.30. The lowest BCUT2D eigenvalue weighted by atomic mass is 9.95. The lowest BCUT2D eigenvalue weighted by molar-refractivity contribution is 0.0262. The minimum atomic E-state index is -2.85. The van der Waals surface area contributed by atoms with Gasteiger partial charge in [-0.2, -0.15) is 0 Å². The van der Waals surface area contributed by atoms with Gasteiger partial charge in [0.1, 0.15) is 5.82 Å². The number of nitrogens with zero attached hydrogens (tertiary/aromatic N) is 3. The van der Waals surface area contributed by atoms with Crippen molar-refractivity contribution in [1.29, 1.82) is 0 Å². The maximum atomic E-state index is 13.9. The number of alkyl halides is 2. The standard InChI is InChI=1S/C25H25F2N3O2/c1-16-12-23-28-21(14-25(2,26)27)22(30(23)29(3)15-16)13-17-8-10-18(11-9-17)19-6-4-5-7-20(19)24(31)32/h4-12,15,22H,13-14H2,1-3H3,(H,31,32). The summed E-state index contributed by atoms with van der Waals surface area (Å²) in [6, 6.07) is 14.1. The summed E-state index contributed by atoms with van der Waals surface area (Å²) in [5.74, 6) is -3.16. The average Bonchev–Trinajstić information content (AvgIpc) is 3.03. The zero-order chi connectivity index (χ0) is 23.0. The molecular formula is C25H25F2N3O2. The first-order valence-electron chi connectivity index (χ1n) is 10.4. The van der Waals surface area contributed by atoms with E-state index in [4.69, 9.17) is 0 Å². The van der Waals surface area contributed by atoms with E-state index in [-0.39, 0.29) is 11.6 Å². The van der Waals surface area contributed by atoms with Crippen LogP contribution in [0, 0.1) is 0 Å². The van der Waals surface area contributed by atoms with Crippen molar-refractivity contribution < 1.29 is 18.7 Å². The minimum Gasteiger partial charge on any atom is -0.478 e. The fraction of sp³-hybridized carbons (Fsp3) is 0.280. The Morgan fingerprint density at radius 3 is 2.50 bits per heavy atom. The number of carboxylic acids is 1. The van der Waals surface area contributed by atoms with E-state index >= 15 is 0 Å². The molecule has 0 amide bonds. The van der Waals surface area contributed by atoms with E-state index in [2.05, 4.69) is 4.99 Å². The number of rotatable bonds is 6. The molecule has 4 rings (SSSR count). The van der Waals surface area contributed by atoms with Crippen LogP contribution in [0.2, 0.25) is 0 Å². The number of hydrazine groups is 1. The molecule has 166 valence electrons. The third kappa shape index (κ3) is 4.42. The van der Waals surface area contributed by atoms with Gasteiger partial charge in [-0.1, -0.05) is 42.5 Å². The molecule has 0 spiro atoms. The van der Waals surface area contributed by atoms with Crippen LogP contribution in [0.3, 0.4) is 0 Å². The number of benzene rings is 2.